The van der Waals surface area contributed by atoms with Crippen molar-refractivity contribution in [2.45, 2.75) is 20.4 Å². The van der Waals surface area contributed by atoms with Crippen LogP contribution >= 0.6 is 11.6 Å². The Balaban J connectivity index is 2.41. The Kier molecular flexibility index (Phi) is 7.21. The van der Waals surface area contributed by atoms with Crippen LogP contribution in [-0.4, -0.2) is 38.7 Å². The van der Waals surface area contributed by atoms with Crippen LogP contribution in [-0.2, 0) is 6.54 Å². The second-order valence-electron chi connectivity index (χ2n) is 5.29. The maximum Gasteiger partial charge on any atom is 0.124 e. The number of rotatable bonds is 8. The molecule has 0 spiro atoms. The van der Waals surface area contributed by atoms with Crippen molar-refractivity contribution in [3.8, 4) is 5.75 Å². The summed E-state index contributed by atoms with van der Waals surface area (Å²) in [4.78, 5) is 2.28. The lowest BCUT2D eigenvalue weighted by Crippen LogP contribution is -2.30. The first-order chi connectivity index (χ1) is 9.02. The van der Waals surface area contributed by atoms with Gasteiger partial charge in [-0.2, -0.15) is 0 Å². The molecule has 1 N–H and O–H groups in total. The second-order valence-corrected chi connectivity index (χ2v) is 5.73. The molecule has 1 aromatic carbocycles. The lowest BCUT2D eigenvalue weighted by atomic mass is 10.2. The van der Waals surface area contributed by atoms with Gasteiger partial charge in [-0.25, -0.2) is 0 Å². The first-order valence-electron chi connectivity index (χ1n) is 6.74. The molecule has 0 bridgehead atoms. The minimum absolute atomic E-state index is 0.696. The highest BCUT2D eigenvalue weighted by molar-refractivity contribution is 6.30. The van der Waals surface area contributed by atoms with Crippen LogP contribution in [0.5, 0.6) is 5.75 Å². The lowest BCUT2D eigenvalue weighted by Gasteiger charge is -2.19. The molecule has 4 heteroatoms. The summed E-state index contributed by atoms with van der Waals surface area (Å²) >= 11 is 5.96. The third-order valence-corrected chi connectivity index (χ3v) is 3.15. The number of methoxy groups -OCH3 is 1. The molecule has 0 radical (unpaired) electrons. The Bertz CT molecular complexity index is 382. The monoisotopic (exact) mass is 284 g/mol. The molecule has 0 saturated heterocycles. The van der Waals surface area contributed by atoms with Gasteiger partial charge < -0.3 is 15.0 Å². The zero-order chi connectivity index (χ0) is 14.3. The summed E-state index contributed by atoms with van der Waals surface area (Å²) in [7, 11) is 3.80. The van der Waals surface area contributed by atoms with Crippen molar-refractivity contribution in [1.29, 1.82) is 0 Å². The number of nitrogens with zero attached hydrogens (tertiary/aromatic N) is 1. The van der Waals surface area contributed by atoms with E-state index in [0.717, 1.165) is 31.9 Å². The van der Waals surface area contributed by atoms with Crippen LogP contribution in [0, 0.1) is 5.92 Å². The Labute approximate surface area is 121 Å². The highest BCUT2D eigenvalue weighted by Gasteiger charge is 2.07. The van der Waals surface area contributed by atoms with Gasteiger partial charge in [0.15, 0.2) is 0 Å². The summed E-state index contributed by atoms with van der Waals surface area (Å²) in [6.07, 6.45) is 0. The molecule has 0 aliphatic heterocycles. The molecule has 1 aromatic rings. The molecule has 1 rings (SSSR count). The average molecular weight is 285 g/mol. The standard InChI is InChI=1S/C15H25ClN2O/c1-12(2)10-17-7-8-18(3)11-13-5-6-14(16)9-15(13)19-4/h5-6,9,12,17H,7-8,10-11H2,1-4H3. The van der Waals surface area contributed by atoms with Crippen molar-refractivity contribution < 1.29 is 4.74 Å². The molecule has 0 aromatic heterocycles. The van der Waals surface area contributed by atoms with E-state index < -0.39 is 0 Å². The number of likely N-dealkylation sites (N-methyl/N-ethyl adjacent to an activating group) is 1. The van der Waals surface area contributed by atoms with Crippen LogP contribution in [0.1, 0.15) is 19.4 Å². The van der Waals surface area contributed by atoms with Gasteiger partial charge in [0, 0.05) is 30.2 Å². The Hall–Kier alpha value is -0.770. The summed E-state index contributed by atoms with van der Waals surface area (Å²) < 4.78 is 5.36. The van der Waals surface area contributed by atoms with Crippen molar-refractivity contribution in [3.63, 3.8) is 0 Å². The van der Waals surface area contributed by atoms with E-state index in [1.165, 1.54) is 5.56 Å². The predicted molar refractivity (Wildman–Crippen MR) is 82.0 cm³/mol. The van der Waals surface area contributed by atoms with Gasteiger partial charge in [-0.1, -0.05) is 31.5 Å². The molecule has 0 amide bonds. The third kappa shape index (κ3) is 6.28. The second kappa shape index (κ2) is 8.41. The minimum atomic E-state index is 0.696. The number of hydrogen-bond acceptors (Lipinski definition) is 3. The number of benzene rings is 1. The van der Waals surface area contributed by atoms with Crippen LogP contribution in [0.2, 0.25) is 5.02 Å². The van der Waals surface area contributed by atoms with E-state index in [9.17, 15) is 0 Å². The smallest absolute Gasteiger partial charge is 0.124 e. The highest BCUT2D eigenvalue weighted by atomic mass is 35.5. The van der Waals surface area contributed by atoms with Gasteiger partial charge in [0.2, 0.25) is 0 Å². The van der Waals surface area contributed by atoms with Crippen LogP contribution in [0.3, 0.4) is 0 Å². The lowest BCUT2D eigenvalue weighted by molar-refractivity contribution is 0.313. The summed E-state index contributed by atoms with van der Waals surface area (Å²) in [6.45, 7) is 8.38. The summed E-state index contributed by atoms with van der Waals surface area (Å²) in [5, 5.41) is 4.16. The van der Waals surface area contributed by atoms with Gasteiger partial charge in [-0.15, -0.1) is 0 Å². The molecule has 3 nitrogen and oxygen atoms in total. The maximum atomic E-state index is 5.96. The predicted octanol–water partition coefficient (Wildman–Crippen LogP) is 3.03. The van der Waals surface area contributed by atoms with Crippen LogP contribution < -0.4 is 10.1 Å². The van der Waals surface area contributed by atoms with E-state index in [4.69, 9.17) is 16.3 Å². The Morgan fingerprint density at radius 1 is 1.37 bits per heavy atom. The van der Waals surface area contributed by atoms with Crippen molar-refractivity contribution in [2.75, 3.05) is 33.8 Å². The normalized spacial score (nSPS) is 11.3. The van der Waals surface area contributed by atoms with E-state index in [0.29, 0.717) is 10.9 Å². The number of halogens is 1. The highest BCUT2D eigenvalue weighted by Crippen LogP contribution is 2.23. The zero-order valence-electron chi connectivity index (χ0n) is 12.4. The third-order valence-electron chi connectivity index (χ3n) is 2.91. The van der Waals surface area contributed by atoms with Gasteiger partial charge in [-0.3, -0.25) is 0 Å². The van der Waals surface area contributed by atoms with Crippen molar-refractivity contribution in [1.82, 2.24) is 10.2 Å². The van der Waals surface area contributed by atoms with Crippen LogP contribution in [0.15, 0.2) is 18.2 Å². The van der Waals surface area contributed by atoms with E-state index >= 15 is 0 Å². The SMILES string of the molecule is COc1cc(Cl)ccc1CN(C)CCNCC(C)C. The van der Waals surface area contributed by atoms with Crippen LogP contribution in [0.25, 0.3) is 0 Å². The first-order valence-corrected chi connectivity index (χ1v) is 7.12. The van der Waals surface area contributed by atoms with Gasteiger partial charge >= 0.3 is 0 Å². The fourth-order valence-corrected chi connectivity index (χ4v) is 2.04. The molecule has 0 saturated carbocycles. The van der Waals surface area contributed by atoms with Gasteiger partial charge in [-0.05, 0) is 31.6 Å². The zero-order valence-corrected chi connectivity index (χ0v) is 13.1. The molecule has 0 unspecified atom stereocenters. The quantitative estimate of drug-likeness (QED) is 0.743. The first kappa shape index (κ1) is 16.3. The maximum absolute atomic E-state index is 5.96. The molecular weight excluding hydrogens is 260 g/mol. The summed E-state index contributed by atoms with van der Waals surface area (Å²) in [5.74, 6) is 1.55. The number of hydrogen-bond donors (Lipinski definition) is 1. The fraction of sp³-hybridized carbons (Fsp3) is 0.600. The molecule has 0 aliphatic carbocycles. The molecule has 0 atom stereocenters. The van der Waals surface area contributed by atoms with Crippen molar-refractivity contribution in [2.24, 2.45) is 5.92 Å². The van der Waals surface area contributed by atoms with Gasteiger partial charge in [0.05, 0.1) is 7.11 Å². The summed E-state index contributed by atoms with van der Waals surface area (Å²) in [6, 6.07) is 5.80. The molecule has 108 valence electrons. The van der Waals surface area contributed by atoms with Crippen LogP contribution in [0.4, 0.5) is 0 Å². The van der Waals surface area contributed by atoms with E-state index in [1.807, 2.05) is 18.2 Å². The van der Waals surface area contributed by atoms with Crippen molar-refractivity contribution >= 4 is 11.6 Å². The fourth-order valence-electron chi connectivity index (χ4n) is 1.88. The number of ether oxygens (including phenoxy) is 1. The summed E-state index contributed by atoms with van der Waals surface area (Å²) in [5.41, 5.74) is 1.17. The van der Waals surface area contributed by atoms with E-state index in [-0.39, 0.29) is 0 Å². The average Bonchev–Trinajstić information content (AvgIpc) is 2.36. The van der Waals surface area contributed by atoms with Crippen molar-refractivity contribution in [3.05, 3.63) is 28.8 Å². The molecular formula is C15H25ClN2O. The van der Waals surface area contributed by atoms with Gasteiger partial charge in [0.25, 0.3) is 0 Å². The van der Waals surface area contributed by atoms with Gasteiger partial charge in [0.1, 0.15) is 5.75 Å². The Morgan fingerprint density at radius 2 is 2.11 bits per heavy atom. The molecule has 19 heavy (non-hydrogen) atoms. The minimum Gasteiger partial charge on any atom is -0.496 e. The topological polar surface area (TPSA) is 24.5 Å². The molecule has 0 heterocycles. The molecule has 0 aliphatic rings. The Morgan fingerprint density at radius 3 is 2.74 bits per heavy atom. The van der Waals surface area contributed by atoms with E-state index in [2.05, 4.69) is 31.1 Å². The van der Waals surface area contributed by atoms with E-state index in [1.54, 1.807) is 7.11 Å². The number of nitrogens with one attached hydrogen (secondary N) is 1. The molecule has 0 fully saturated rings. The largest absolute Gasteiger partial charge is 0.496 e.